The molecule has 3 nitrogen and oxygen atoms in total. The van der Waals surface area contributed by atoms with Gasteiger partial charge in [0.15, 0.2) is 0 Å². The lowest BCUT2D eigenvalue weighted by atomic mass is 10.2. The van der Waals surface area contributed by atoms with E-state index < -0.39 is 5.82 Å². The van der Waals surface area contributed by atoms with E-state index in [4.69, 9.17) is 11.6 Å². The average Bonchev–Trinajstić information content (AvgIpc) is 2.48. The number of hydrogen-bond acceptors (Lipinski definition) is 3. The van der Waals surface area contributed by atoms with Gasteiger partial charge in [-0.1, -0.05) is 29.8 Å². The number of hydrogen-bond donors (Lipinski definition) is 1. The Balaban J connectivity index is 1.84. The van der Waals surface area contributed by atoms with E-state index in [1.807, 2.05) is 31.2 Å². The number of aromatic nitrogens is 2. The number of fused-ring (bicyclic) bond motifs is 1. The standard InChI is InChI=1S/C16H13ClFN3/c1-10-16(21-15-5-3-2-4-14(15)20-10)19-9-11-6-7-13(18)12(17)8-11/h2-8H,9H2,1H3,(H,19,21). The van der Waals surface area contributed by atoms with Crippen molar-refractivity contribution in [1.29, 1.82) is 0 Å². The van der Waals surface area contributed by atoms with Crippen molar-refractivity contribution in [3.63, 3.8) is 0 Å². The maximum atomic E-state index is 13.1. The summed E-state index contributed by atoms with van der Waals surface area (Å²) in [7, 11) is 0. The fraction of sp³-hybridized carbons (Fsp3) is 0.125. The first kappa shape index (κ1) is 13.8. The van der Waals surface area contributed by atoms with Crippen LogP contribution in [0.25, 0.3) is 11.0 Å². The highest BCUT2D eigenvalue weighted by molar-refractivity contribution is 6.30. The van der Waals surface area contributed by atoms with Crippen LogP contribution in [-0.4, -0.2) is 9.97 Å². The fourth-order valence-electron chi connectivity index (χ4n) is 2.09. The summed E-state index contributed by atoms with van der Waals surface area (Å²) in [6, 6.07) is 12.4. The maximum absolute atomic E-state index is 13.1. The Morgan fingerprint density at radius 2 is 1.81 bits per heavy atom. The van der Waals surface area contributed by atoms with Crippen LogP contribution in [-0.2, 0) is 6.54 Å². The topological polar surface area (TPSA) is 37.8 Å². The van der Waals surface area contributed by atoms with Crippen LogP contribution in [0.1, 0.15) is 11.3 Å². The molecule has 0 unspecified atom stereocenters. The second-order valence-corrected chi connectivity index (χ2v) is 5.16. The Kier molecular flexibility index (Phi) is 3.71. The lowest BCUT2D eigenvalue weighted by molar-refractivity contribution is 0.627. The summed E-state index contributed by atoms with van der Waals surface area (Å²) < 4.78 is 13.1. The van der Waals surface area contributed by atoms with Gasteiger partial charge in [0.25, 0.3) is 0 Å². The Hall–Kier alpha value is -2.20. The monoisotopic (exact) mass is 301 g/mol. The predicted octanol–water partition coefficient (Wildman–Crippen LogP) is 4.34. The molecule has 1 heterocycles. The van der Waals surface area contributed by atoms with Gasteiger partial charge >= 0.3 is 0 Å². The van der Waals surface area contributed by atoms with E-state index in [9.17, 15) is 4.39 Å². The van der Waals surface area contributed by atoms with E-state index in [0.717, 1.165) is 22.3 Å². The average molecular weight is 302 g/mol. The van der Waals surface area contributed by atoms with Gasteiger partial charge in [-0.3, -0.25) is 0 Å². The first-order valence-corrected chi connectivity index (χ1v) is 6.92. The van der Waals surface area contributed by atoms with Gasteiger partial charge in [0.1, 0.15) is 11.6 Å². The molecule has 21 heavy (non-hydrogen) atoms. The Bertz CT molecular complexity index is 805. The molecule has 0 bridgehead atoms. The molecular weight excluding hydrogens is 289 g/mol. The molecule has 0 aliphatic carbocycles. The molecule has 0 amide bonds. The summed E-state index contributed by atoms with van der Waals surface area (Å²) in [6.45, 7) is 2.41. The quantitative estimate of drug-likeness (QED) is 0.782. The molecule has 2 aromatic carbocycles. The molecule has 0 fully saturated rings. The summed E-state index contributed by atoms with van der Waals surface area (Å²) in [5, 5.41) is 3.33. The fourth-order valence-corrected chi connectivity index (χ4v) is 2.29. The van der Waals surface area contributed by atoms with Crippen molar-refractivity contribution in [1.82, 2.24) is 9.97 Å². The van der Waals surface area contributed by atoms with Gasteiger partial charge in [0, 0.05) is 6.54 Å². The van der Waals surface area contributed by atoms with Gasteiger partial charge < -0.3 is 5.32 Å². The van der Waals surface area contributed by atoms with E-state index in [2.05, 4.69) is 15.3 Å². The molecule has 3 rings (SSSR count). The Morgan fingerprint density at radius 1 is 1.10 bits per heavy atom. The second-order valence-electron chi connectivity index (χ2n) is 4.75. The summed E-state index contributed by atoms with van der Waals surface area (Å²) in [4.78, 5) is 9.06. The second kappa shape index (κ2) is 5.66. The van der Waals surface area contributed by atoms with Gasteiger partial charge in [0.05, 0.1) is 21.7 Å². The molecule has 0 atom stereocenters. The molecule has 106 valence electrons. The molecule has 0 aliphatic heterocycles. The van der Waals surface area contributed by atoms with Crippen molar-refractivity contribution < 1.29 is 4.39 Å². The van der Waals surface area contributed by atoms with Crippen molar-refractivity contribution in [3.8, 4) is 0 Å². The highest BCUT2D eigenvalue weighted by Gasteiger charge is 2.06. The van der Waals surface area contributed by atoms with Gasteiger partial charge in [-0.05, 0) is 36.8 Å². The molecule has 3 aromatic rings. The number of para-hydroxylation sites is 2. The van der Waals surface area contributed by atoms with Crippen molar-refractivity contribution in [3.05, 3.63) is 64.6 Å². The zero-order valence-electron chi connectivity index (χ0n) is 11.4. The molecule has 5 heteroatoms. The normalized spacial score (nSPS) is 10.8. The molecular formula is C16H13ClFN3. The Morgan fingerprint density at radius 3 is 2.52 bits per heavy atom. The number of nitrogens with zero attached hydrogens (tertiary/aromatic N) is 2. The van der Waals surface area contributed by atoms with Crippen LogP contribution < -0.4 is 5.32 Å². The van der Waals surface area contributed by atoms with Crippen LogP contribution >= 0.6 is 11.6 Å². The van der Waals surface area contributed by atoms with Gasteiger partial charge in [0.2, 0.25) is 0 Å². The first-order valence-electron chi connectivity index (χ1n) is 6.54. The van der Waals surface area contributed by atoms with E-state index in [1.165, 1.54) is 6.07 Å². The minimum absolute atomic E-state index is 0.121. The van der Waals surface area contributed by atoms with E-state index >= 15 is 0 Å². The maximum Gasteiger partial charge on any atom is 0.148 e. The largest absolute Gasteiger partial charge is 0.364 e. The third-order valence-corrected chi connectivity index (χ3v) is 3.48. The third-order valence-electron chi connectivity index (χ3n) is 3.19. The molecule has 1 N–H and O–H groups in total. The van der Waals surface area contributed by atoms with Gasteiger partial charge in [-0.25, -0.2) is 14.4 Å². The van der Waals surface area contributed by atoms with Crippen molar-refractivity contribution in [2.24, 2.45) is 0 Å². The molecule has 0 aliphatic rings. The summed E-state index contributed by atoms with van der Waals surface area (Å²) >= 11 is 5.77. The number of benzene rings is 2. The number of anilines is 1. The highest BCUT2D eigenvalue weighted by Crippen LogP contribution is 2.19. The lowest BCUT2D eigenvalue weighted by Crippen LogP contribution is -2.05. The third kappa shape index (κ3) is 2.95. The van der Waals surface area contributed by atoms with Crippen LogP contribution in [0, 0.1) is 12.7 Å². The van der Waals surface area contributed by atoms with Gasteiger partial charge in [-0.2, -0.15) is 0 Å². The number of aryl methyl sites for hydroxylation is 1. The smallest absolute Gasteiger partial charge is 0.148 e. The zero-order chi connectivity index (χ0) is 14.8. The Labute approximate surface area is 126 Å². The summed E-state index contributed by atoms with van der Waals surface area (Å²) in [5.74, 6) is 0.302. The SMILES string of the molecule is Cc1nc2ccccc2nc1NCc1ccc(F)c(Cl)c1. The van der Waals surface area contributed by atoms with Crippen LogP contribution in [0.3, 0.4) is 0 Å². The first-order chi connectivity index (χ1) is 10.1. The summed E-state index contributed by atoms with van der Waals surface area (Å²) in [5.41, 5.74) is 3.41. The molecule has 1 aromatic heterocycles. The minimum Gasteiger partial charge on any atom is -0.364 e. The van der Waals surface area contributed by atoms with Gasteiger partial charge in [-0.15, -0.1) is 0 Å². The molecule has 0 radical (unpaired) electrons. The van der Waals surface area contributed by atoms with E-state index in [1.54, 1.807) is 12.1 Å². The zero-order valence-corrected chi connectivity index (χ0v) is 12.2. The van der Waals surface area contributed by atoms with Crippen LogP contribution in [0.2, 0.25) is 5.02 Å². The summed E-state index contributed by atoms with van der Waals surface area (Å²) in [6.07, 6.45) is 0. The van der Waals surface area contributed by atoms with Crippen LogP contribution in [0.5, 0.6) is 0 Å². The van der Waals surface area contributed by atoms with E-state index in [0.29, 0.717) is 12.4 Å². The van der Waals surface area contributed by atoms with Crippen molar-refractivity contribution in [2.75, 3.05) is 5.32 Å². The number of rotatable bonds is 3. The van der Waals surface area contributed by atoms with Crippen molar-refractivity contribution in [2.45, 2.75) is 13.5 Å². The highest BCUT2D eigenvalue weighted by atomic mass is 35.5. The molecule has 0 saturated carbocycles. The molecule has 0 saturated heterocycles. The minimum atomic E-state index is -0.415. The lowest BCUT2D eigenvalue weighted by Gasteiger charge is -2.10. The van der Waals surface area contributed by atoms with Crippen LogP contribution in [0.15, 0.2) is 42.5 Å². The van der Waals surface area contributed by atoms with Crippen LogP contribution in [0.4, 0.5) is 10.2 Å². The number of halogens is 2. The van der Waals surface area contributed by atoms with E-state index in [-0.39, 0.29) is 5.02 Å². The molecule has 0 spiro atoms. The van der Waals surface area contributed by atoms with Crippen molar-refractivity contribution >= 4 is 28.5 Å². The predicted molar refractivity (Wildman–Crippen MR) is 83.0 cm³/mol. The number of nitrogens with one attached hydrogen (secondary N) is 1.